The molecule has 0 amide bonds. The lowest BCUT2D eigenvalue weighted by Gasteiger charge is -2.39. The van der Waals surface area contributed by atoms with Gasteiger partial charge in [0, 0.05) is 16.7 Å². The van der Waals surface area contributed by atoms with Gasteiger partial charge in [0.2, 0.25) is 5.95 Å². The summed E-state index contributed by atoms with van der Waals surface area (Å²) < 4.78 is 33.2. The van der Waals surface area contributed by atoms with Gasteiger partial charge in [-0.25, -0.2) is 9.07 Å². The van der Waals surface area contributed by atoms with E-state index in [1.54, 1.807) is 31.0 Å². The molecule has 6 rings (SSSR count). The molecule has 34 heavy (non-hydrogen) atoms. The summed E-state index contributed by atoms with van der Waals surface area (Å²) in [5, 5.41) is 7.94. The number of aromatic nitrogens is 3. The monoisotopic (exact) mass is 456 g/mol. The van der Waals surface area contributed by atoms with Crippen LogP contribution in [0.2, 0.25) is 0 Å². The molecule has 0 aliphatic carbocycles. The molecular weight excluding hydrogens is 435 g/mol. The number of para-hydroxylation sites is 1. The number of nitrogens with one attached hydrogen (secondary N) is 1. The van der Waals surface area contributed by atoms with Crippen LogP contribution in [0.15, 0.2) is 78.6 Å². The third-order valence-corrected chi connectivity index (χ3v) is 6.22. The second kappa shape index (κ2) is 7.91. The molecule has 0 bridgehead atoms. The summed E-state index contributed by atoms with van der Waals surface area (Å²) in [5.74, 6) is 2.29. The highest BCUT2D eigenvalue weighted by Crippen LogP contribution is 2.51. The van der Waals surface area contributed by atoms with Crippen LogP contribution < -0.4 is 19.5 Å². The van der Waals surface area contributed by atoms with E-state index in [9.17, 15) is 4.39 Å². The lowest BCUT2D eigenvalue weighted by molar-refractivity contribution is 0.222. The maximum Gasteiger partial charge on any atom is 0.226 e. The Labute approximate surface area is 195 Å². The first-order chi connectivity index (χ1) is 16.7. The molecule has 0 fully saturated rings. The summed E-state index contributed by atoms with van der Waals surface area (Å²) in [7, 11) is 3.21. The Balaban J connectivity index is 1.60. The minimum absolute atomic E-state index is 0.299. The average Bonchev–Trinajstić information content (AvgIpc) is 3.35. The Morgan fingerprint density at radius 2 is 1.71 bits per heavy atom. The summed E-state index contributed by atoms with van der Waals surface area (Å²) in [5.41, 5.74) is 4.52. The van der Waals surface area contributed by atoms with Crippen molar-refractivity contribution >= 4 is 11.6 Å². The Morgan fingerprint density at radius 3 is 2.50 bits per heavy atom. The van der Waals surface area contributed by atoms with Crippen LogP contribution in [0.1, 0.15) is 28.8 Å². The van der Waals surface area contributed by atoms with E-state index >= 15 is 0 Å². The number of benzene rings is 3. The van der Waals surface area contributed by atoms with E-state index in [2.05, 4.69) is 15.4 Å². The fourth-order valence-electron chi connectivity index (χ4n) is 4.67. The van der Waals surface area contributed by atoms with Crippen LogP contribution in [-0.2, 0) is 0 Å². The smallest absolute Gasteiger partial charge is 0.226 e. The molecule has 0 saturated heterocycles. The van der Waals surface area contributed by atoms with Crippen molar-refractivity contribution < 1.29 is 18.6 Å². The Morgan fingerprint density at radius 1 is 0.941 bits per heavy atom. The van der Waals surface area contributed by atoms with Crippen LogP contribution in [0.3, 0.4) is 0 Å². The van der Waals surface area contributed by atoms with E-state index in [1.807, 2.05) is 42.5 Å². The van der Waals surface area contributed by atoms with Crippen molar-refractivity contribution in [3.05, 3.63) is 101 Å². The van der Waals surface area contributed by atoms with E-state index < -0.39 is 6.10 Å². The molecular formula is C26H21FN4O3. The molecule has 170 valence electrons. The van der Waals surface area contributed by atoms with Gasteiger partial charge in [-0.3, -0.25) is 0 Å². The average molecular weight is 456 g/mol. The molecule has 1 N–H and O–H groups in total. The van der Waals surface area contributed by atoms with Crippen LogP contribution in [0.4, 0.5) is 10.3 Å². The molecule has 0 unspecified atom stereocenters. The zero-order valence-corrected chi connectivity index (χ0v) is 18.5. The minimum Gasteiger partial charge on any atom is -0.493 e. The first kappa shape index (κ1) is 20.3. The van der Waals surface area contributed by atoms with Crippen molar-refractivity contribution in [2.24, 2.45) is 0 Å². The molecule has 0 spiro atoms. The van der Waals surface area contributed by atoms with Gasteiger partial charge in [0.25, 0.3) is 0 Å². The predicted molar refractivity (Wildman–Crippen MR) is 124 cm³/mol. The highest BCUT2D eigenvalue weighted by molar-refractivity contribution is 5.85. The Hall–Kier alpha value is -4.33. The number of ether oxygens (including phenoxy) is 3. The number of hydrogen-bond acceptors (Lipinski definition) is 6. The maximum absolute atomic E-state index is 13.8. The molecule has 3 aromatic carbocycles. The first-order valence-corrected chi connectivity index (χ1v) is 10.8. The quantitative estimate of drug-likeness (QED) is 0.466. The Kier molecular flexibility index (Phi) is 4.72. The molecule has 3 heterocycles. The van der Waals surface area contributed by atoms with Crippen molar-refractivity contribution in [3.8, 4) is 17.2 Å². The fraction of sp³-hybridized carbons (Fsp3) is 0.154. The van der Waals surface area contributed by atoms with Gasteiger partial charge >= 0.3 is 0 Å². The van der Waals surface area contributed by atoms with Gasteiger partial charge in [-0.05, 0) is 42.0 Å². The number of nitrogens with zero attached hydrogens (tertiary/aromatic N) is 3. The number of fused-ring (bicyclic) bond motifs is 3. The summed E-state index contributed by atoms with van der Waals surface area (Å²) in [6.07, 6.45) is 1.04. The van der Waals surface area contributed by atoms with Gasteiger partial charge in [-0.2, -0.15) is 10.1 Å². The normalized spacial score (nSPS) is 18.2. The lowest BCUT2D eigenvalue weighted by Crippen LogP contribution is -2.32. The summed E-state index contributed by atoms with van der Waals surface area (Å²) in [6.45, 7) is 0. The number of hydrogen-bond donors (Lipinski definition) is 1. The molecule has 1 aromatic heterocycles. The number of methoxy groups -OCH3 is 2. The van der Waals surface area contributed by atoms with Gasteiger partial charge in [0.15, 0.2) is 11.5 Å². The van der Waals surface area contributed by atoms with Crippen LogP contribution >= 0.6 is 0 Å². The molecule has 0 saturated carbocycles. The minimum atomic E-state index is -0.468. The molecule has 2 aliphatic heterocycles. The highest BCUT2D eigenvalue weighted by atomic mass is 19.1. The largest absolute Gasteiger partial charge is 0.493 e. The predicted octanol–water partition coefficient (Wildman–Crippen LogP) is 4.99. The van der Waals surface area contributed by atoms with E-state index in [0.29, 0.717) is 17.4 Å². The number of anilines is 1. The molecule has 0 radical (unpaired) electrons. The van der Waals surface area contributed by atoms with Crippen molar-refractivity contribution in [3.63, 3.8) is 0 Å². The van der Waals surface area contributed by atoms with Gasteiger partial charge in [0.05, 0.1) is 19.9 Å². The zero-order chi connectivity index (χ0) is 23.2. The van der Waals surface area contributed by atoms with Crippen LogP contribution in [0.5, 0.6) is 17.2 Å². The van der Waals surface area contributed by atoms with E-state index in [4.69, 9.17) is 14.2 Å². The SMILES string of the molecule is COc1ccc([C@H]2Oc3ccccc3C3=C2[C@H](c2ccc(F)cc2)n2ncnc2N3)cc1OC. The van der Waals surface area contributed by atoms with E-state index in [-0.39, 0.29) is 11.9 Å². The molecule has 2 atom stereocenters. The van der Waals surface area contributed by atoms with Crippen LogP contribution in [-0.4, -0.2) is 29.0 Å². The van der Waals surface area contributed by atoms with Gasteiger partial charge in [-0.1, -0.05) is 30.3 Å². The topological polar surface area (TPSA) is 70.4 Å². The zero-order valence-electron chi connectivity index (χ0n) is 18.5. The maximum atomic E-state index is 13.8. The van der Waals surface area contributed by atoms with E-state index in [0.717, 1.165) is 33.7 Å². The lowest BCUT2D eigenvalue weighted by atomic mass is 9.84. The van der Waals surface area contributed by atoms with Crippen molar-refractivity contribution in [1.82, 2.24) is 14.8 Å². The third-order valence-electron chi connectivity index (χ3n) is 6.22. The van der Waals surface area contributed by atoms with Crippen LogP contribution in [0.25, 0.3) is 5.70 Å². The van der Waals surface area contributed by atoms with Crippen molar-refractivity contribution in [1.29, 1.82) is 0 Å². The number of halogens is 1. The van der Waals surface area contributed by atoms with Crippen LogP contribution in [0, 0.1) is 5.82 Å². The second-order valence-corrected chi connectivity index (χ2v) is 8.05. The van der Waals surface area contributed by atoms with Gasteiger partial charge in [0.1, 0.15) is 30.0 Å². The van der Waals surface area contributed by atoms with Gasteiger partial charge in [-0.15, -0.1) is 0 Å². The summed E-state index contributed by atoms with van der Waals surface area (Å²) in [6, 6.07) is 19.7. The van der Waals surface area contributed by atoms with Crippen molar-refractivity contribution in [2.45, 2.75) is 12.1 Å². The van der Waals surface area contributed by atoms with Crippen molar-refractivity contribution in [2.75, 3.05) is 19.5 Å². The number of rotatable bonds is 4. The molecule has 4 aromatic rings. The van der Waals surface area contributed by atoms with E-state index in [1.165, 1.54) is 18.5 Å². The molecule has 2 aliphatic rings. The highest BCUT2D eigenvalue weighted by Gasteiger charge is 2.41. The van der Waals surface area contributed by atoms with Gasteiger partial charge < -0.3 is 19.5 Å². The summed E-state index contributed by atoms with van der Waals surface area (Å²) >= 11 is 0. The molecule has 7 nitrogen and oxygen atoms in total. The standard InChI is InChI=1S/C26H21FN4O3/c1-32-20-12-9-16(13-21(20)33-2)25-22-23(18-5-3-4-6-19(18)34-25)30-26-28-14-29-31(26)24(22)15-7-10-17(27)11-8-15/h3-14,24-25H,1-2H3,(H,28,29,30)/t24-,25+/m0/s1. The second-order valence-electron chi connectivity index (χ2n) is 8.05. The Bertz CT molecular complexity index is 1410. The fourth-order valence-corrected chi connectivity index (χ4v) is 4.67. The summed E-state index contributed by atoms with van der Waals surface area (Å²) in [4.78, 5) is 4.42. The molecule has 8 heteroatoms. The third kappa shape index (κ3) is 3.10. The first-order valence-electron chi connectivity index (χ1n) is 10.8.